The maximum atomic E-state index is 11.1. The molecule has 6 heteroatoms. The third kappa shape index (κ3) is 7.45. The van der Waals surface area contributed by atoms with Crippen LogP contribution in [-0.4, -0.2) is 27.0 Å². The second kappa shape index (κ2) is 9.02. The Bertz CT molecular complexity index is 500. The summed E-state index contributed by atoms with van der Waals surface area (Å²) in [6.07, 6.45) is 4.67. The van der Waals surface area contributed by atoms with E-state index in [0.29, 0.717) is 12.8 Å². The molecule has 0 fully saturated rings. The highest BCUT2D eigenvalue weighted by molar-refractivity contribution is 7.90. The molecule has 1 aromatic rings. The van der Waals surface area contributed by atoms with Gasteiger partial charge in [0.05, 0.1) is 6.61 Å². The van der Waals surface area contributed by atoms with Crippen molar-refractivity contribution < 1.29 is 13.2 Å². The molecular formula is C15H26N2O3S. The van der Waals surface area contributed by atoms with Crippen LogP contribution in [0, 0.1) is 0 Å². The molecule has 1 unspecified atom stereocenters. The van der Waals surface area contributed by atoms with Crippen LogP contribution in [-0.2, 0) is 9.84 Å². The van der Waals surface area contributed by atoms with E-state index in [1.807, 2.05) is 24.3 Å². The maximum absolute atomic E-state index is 11.1. The fraction of sp³-hybridized carbons (Fsp3) is 0.600. The lowest BCUT2D eigenvalue weighted by Crippen LogP contribution is -2.28. The standard InChI is InChI=1S/C15H26N2O3S/c1-3-4-11-20-14-9-7-13(8-10-14)15(17-16)6-5-12-21(2,18)19/h7-10,15,17H,3-6,11-12,16H2,1-2H3. The van der Waals surface area contributed by atoms with Crippen molar-refractivity contribution in [1.29, 1.82) is 0 Å². The van der Waals surface area contributed by atoms with Crippen LogP contribution in [0.25, 0.3) is 0 Å². The number of hydrogen-bond acceptors (Lipinski definition) is 5. The Hall–Kier alpha value is -1.11. The molecule has 1 atom stereocenters. The highest BCUT2D eigenvalue weighted by atomic mass is 32.2. The summed E-state index contributed by atoms with van der Waals surface area (Å²) < 4.78 is 27.9. The first-order valence-electron chi connectivity index (χ1n) is 7.33. The van der Waals surface area contributed by atoms with Crippen LogP contribution in [0.2, 0.25) is 0 Å². The molecule has 0 bridgehead atoms. The first kappa shape index (κ1) is 17.9. The molecule has 0 heterocycles. The molecule has 120 valence electrons. The minimum absolute atomic E-state index is 0.0450. The first-order chi connectivity index (χ1) is 9.96. The number of benzene rings is 1. The van der Waals surface area contributed by atoms with Crippen molar-refractivity contribution in [1.82, 2.24) is 5.43 Å². The van der Waals surface area contributed by atoms with Gasteiger partial charge in [0.25, 0.3) is 0 Å². The number of hydrazine groups is 1. The van der Waals surface area contributed by atoms with Crippen molar-refractivity contribution in [3.63, 3.8) is 0 Å². The van der Waals surface area contributed by atoms with Gasteiger partial charge in [0.2, 0.25) is 0 Å². The van der Waals surface area contributed by atoms with Crippen LogP contribution < -0.4 is 16.0 Å². The second-order valence-electron chi connectivity index (χ2n) is 5.26. The van der Waals surface area contributed by atoms with Gasteiger partial charge in [-0.05, 0) is 37.0 Å². The van der Waals surface area contributed by atoms with Crippen LogP contribution in [0.15, 0.2) is 24.3 Å². The van der Waals surface area contributed by atoms with E-state index in [0.717, 1.165) is 30.8 Å². The quantitative estimate of drug-likeness (QED) is 0.393. The summed E-state index contributed by atoms with van der Waals surface area (Å²) in [6, 6.07) is 7.73. The minimum Gasteiger partial charge on any atom is -0.494 e. The summed E-state index contributed by atoms with van der Waals surface area (Å²) in [5, 5.41) is 0. The van der Waals surface area contributed by atoms with Crippen LogP contribution in [0.1, 0.15) is 44.2 Å². The Balaban J connectivity index is 2.52. The highest BCUT2D eigenvalue weighted by Crippen LogP contribution is 2.21. The lowest BCUT2D eigenvalue weighted by Gasteiger charge is -2.16. The van der Waals surface area contributed by atoms with Gasteiger partial charge in [-0.1, -0.05) is 25.5 Å². The Morgan fingerprint density at radius 3 is 2.43 bits per heavy atom. The molecule has 0 amide bonds. The fourth-order valence-electron chi connectivity index (χ4n) is 2.03. The molecule has 0 spiro atoms. The Morgan fingerprint density at radius 2 is 1.90 bits per heavy atom. The number of rotatable bonds is 10. The van der Waals surface area contributed by atoms with E-state index in [1.54, 1.807) is 0 Å². The highest BCUT2D eigenvalue weighted by Gasteiger charge is 2.11. The van der Waals surface area contributed by atoms with Gasteiger partial charge in [-0.3, -0.25) is 11.3 Å². The molecule has 5 nitrogen and oxygen atoms in total. The number of nitrogens with two attached hydrogens (primary N) is 1. The third-order valence-corrected chi connectivity index (χ3v) is 4.29. The molecule has 21 heavy (non-hydrogen) atoms. The summed E-state index contributed by atoms with van der Waals surface area (Å²) in [5.41, 5.74) is 3.78. The van der Waals surface area contributed by atoms with E-state index in [-0.39, 0.29) is 11.8 Å². The van der Waals surface area contributed by atoms with E-state index < -0.39 is 9.84 Å². The molecule has 0 saturated heterocycles. The van der Waals surface area contributed by atoms with Gasteiger partial charge >= 0.3 is 0 Å². The van der Waals surface area contributed by atoms with Crippen LogP contribution in [0.4, 0.5) is 0 Å². The molecular weight excluding hydrogens is 288 g/mol. The van der Waals surface area contributed by atoms with Gasteiger partial charge in [-0.2, -0.15) is 0 Å². The summed E-state index contributed by atoms with van der Waals surface area (Å²) in [6.45, 7) is 2.85. The van der Waals surface area contributed by atoms with E-state index in [4.69, 9.17) is 10.6 Å². The Morgan fingerprint density at radius 1 is 1.24 bits per heavy atom. The monoisotopic (exact) mass is 314 g/mol. The SMILES string of the molecule is CCCCOc1ccc(C(CCCS(C)(=O)=O)NN)cc1. The number of ether oxygens (including phenoxy) is 1. The zero-order valence-electron chi connectivity index (χ0n) is 12.8. The fourth-order valence-corrected chi connectivity index (χ4v) is 2.72. The Labute approximate surface area is 127 Å². The largest absolute Gasteiger partial charge is 0.494 e. The van der Waals surface area contributed by atoms with Gasteiger partial charge in [-0.15, -0.1) is 0 Å². The molecule has 0 aliphatic rings. The van der Waals surface area contributed by atoms with Crippen molar-refractivity contribution in [2.24, 2.45) is 5.84 Å². The smallest absolute Gasteiger partial charge is 0.147 e. The predicted molar refractivity (Wildman–Crippen MR) is 85.9 cm³/mol. The van der Waals surface area contributed by atoms with Crippen molar-refractivity contribution in [2.75, 3.05) is 18.6 Å². The molecule has 0 radical (unpaired) electrons. The van der Waals surface area contributed by atoms with Crippen molar-refractivity contribution in [2.45, 2.75) is 38.6 Å². The van der Waals surface area contributed by atoms with E-state index in [2.05, 4.69) is 12.3 Å². The lowest BCUT2D eigenvalue weighted by molar-refractivity contribution is 0.309. The number of hydrogen-bond donors (Lipinski definition) is 2. The summed E-state index contributed by atoms with van der Waals surface area (Å²) in [4.78, 5) is 0. The number of nitrogens with one attached hydrogen (secondary N) is 1. The maximum Gasteiger partial charge on any atom is 0.147 e. The zero-order valence-corrected chi connectivity index (χ0v) is 13.7. The normalized spacial score (nSPS) is 13.1. The van der Waals surface area contributed by atoms with Gasteiger partial charge in [-0.25, -0.2) is 8.42 Å². The molecule has 1 aromatic carbocycles. The van der Waals surface area contributed by atoms with E-state index in [9.17, 15) is 8.42 Å². The third-order valence-electron chi connectivity index (χ3n) is 3.26. The molecule has 0 saturated carbocycles. The van der Waals surface area contributed by atoms with Crippen molar-refractivity contribution in [3.05, 3.63) is 29.8 Å². The predicted octanol–water partition coefficient (Wildman–Crippen LogP) is 2.19. The van der Waals surface area contributed by atoms with E-state index >= 15 is 0 Å². The molecule has 1 rings (SSSR count). The molecule has 3 N–H and O–H groups in total. The van der Waals surface area contributed by atoms with Crippen molar-refractivity contribution in [3.8, 4) is 5.75 Å². The van der Waals surface area contributed by atoms with Crippen LogP contribution >= 0.6 is 0 Å². The van der Waals surface area contributed by atoms with Gasteiger partial charge in [0.1, 0.15) is 15.6 Å². The summed E-state index contributed by atoms with van der Waals surface area (Å²) in [5.74, 6) is 6.59. The van der Waals surface area contributed by atoms with E-state index in [1.165, 1.54) is 6.26 Å². The molecule has 0 aliphatic heterocycles. The number of unbranched alkanes of at least 4 members (excludes halogenated alkanes) is 1. The topological polar surface area (TPSA) is 81.4 Å². The first-order valence-corrected chi connectivity index (χ1v) is 9.39. The van der Waals surface area contributed by atoms with Gasteiger partial charge in [0.15, 0.2) is 0 Å². The zero-order chi connectivity index (χ0) is 15.7. The summed E-state index contributed by atoms with van der Waals surface area (Å²) in [7, 11) is -2.92. The minimum atomic E-state index is -2.92. The van der Waals surface area contributed by atoms with Crippen LogP contribution in [0.5, 0.6) is 5.75 Å². The Kier molecular flexibility index (Phi) is 7.71. The number of sulfone groups is 1. The lowest BCUT2D eigenvalue weighted by atomic mass is 10.0. The molecule has 0 aliphatic carbocycles. The van der Waals surface area contributed by atoms with Gasteiger partial charge in [0, 0.05) is 18.1 Å². The van der Waals surface area contributed by atoms with Crippen molar-refractivity contribution >= 4 is 9.84 Å². The van der Waals surface area contributed by atoms with Crippen LogP contribution in [0.3, 0.4) is 0 Å². The second-order valence-corrected chi connectivity index (χ2v) is 7.52. The van der Waals surface area contributed by atoms with Gasteiger partial charge < -0.3 is 4.74 Å². The average Bonchev–Trinajstić information content (AvgIpc) is 2.44. The summed E-state index contributed by atoms with van der Waals surface area (Å²) >= 11 is 0. The molecule has 0 aromatic heterocycles. The average molecular weight is 314 g/mol.